The molecule has 2 aromatic carbocycles. The Morgan fingerprint density at radius 3 is 2.46 bits per heavy atom. The normalized spacial score (nSPS) is 16.5. The van der Waals surface area contributed by atoms with E-state index in [4.69, 9.17) is 9.88 Å². The largest absolute Gasteiger partial charge is 0.448 e. The van der Waals surface area contributed by atoms with Gasteiger partial charge in [0.15, 0.2) is 6.10 Å². The standard InChI is InChI=1S/C18H18N2O5S/c19-26(23,24)11-13-7-5-12(6-8-13)10-20-17(21)16-9-14-3-1-2-4-15(14)18(22)25-16/h1-8,16H,9-11H2,(H,20,21)(H2,19,23,24). The minimum atomic E-state index is -3.58. The summed E-state index contributed by atoms with van der Waals surface area (Å²) in [6.07, 6.45) is -0.528. The highest BCUT2D eigenvalue weighted by atomic mass is 32.2. The van der Waals surface area contributed by atoms with Crippen LogP contribution >= 0.6 is 0 Å². The maximum absolute atomic E-state index is 12.3. The first kappa shape index (κ1) is 18.1. The van der Waals surface area contributed by atoms with E-state index in [1.807, 2.05) is 6.07 Å². The number of benzene rings is 2. The predicted octanol–water partition coefficient (Wildman–Crippen LogP) is 0.873. The van der Waals surface area contributed by atoms with Crippen LogP contribution in [0.5, 0.6) is 0 Å². The van der Waals surface area contributed by atoms with Crippen LogP contribution in [0.1, 0.15) is 27.0 Å². The van der Waals surface area contributed by atoms with Gasteiger partial charge in [-0.15, -0.1) is 0 Å². The van der Waals surface area contributed by atoms with Crippen LogP contribution in [-0.4, -0.2) is 26.4 Å². The number of primary sulfonamides is 1. The lowest BCUT2D eigenvalue weighted by Crippen LogP contribution is -2.41. The number of nitrogens with two attached hydrogens (primary N) is 1. The Hall–Kier alpha value is -2.71. The number of amides is 1. The lowest BCUT2D eigenvalue weighted by Gasteiger charge is -2.23. The first-order valence-corrected chi connectivity index (χ1v) is 9.68. The molecule has 0 fully saturated rings. The highest BCUT2D eigenvalue weighted by Crippen LogP contribution is 2.20. The van der Waals surface area contributed by atoms with Crippen LogP contribution in [0.3, 0.4) is 0 Å². The zero-order chi connectivity index (χ0) is 18.7. The molecule has 0 bridgehead atoms. The van der Waals surface area contributed by atoms with Crippen LogP contribution < -0.4 is 10.5 Å². The van der Waals surface area contributed by atoms with E-state index < -0.39 is 22.1 Å². The third-order valence-electron chi connectivity index (χ3n) is 4.04. The average molecular weight is 374 g/mol. The molecule has 1 aliphatic heterocycles. The number of cyclic esters (lactones) is 1. The van der Waals surface area contributed by atoms with Gasteiger partial charge in [0.1, 0.15) is 0 Å². The number of nitrogens with one attached hydrogen (secondary N) is 1. The first-order valence-electron chi connectivity index (χ1n) is 7.97. The van der Waals surface area contributed by atoms with Crippen molar-refractivity contribution in [2.45, 2.75) is 24.8 Å². The summed E-state index contributed by atoms with van der Waals surface area (Å²) in [5, 5.41) is 7.73. The van der Waals surface area contributed by atoms with Crippen molar-refractivity contribution in [3.63, 3.8) is 0 Å². The summed E-state index contributed by atoms with van der Waals surface area (Å²) in [6.45, 7) is 0.240. The Morgan fingerprint density at radius 1 is 1.12 bits per heavy atom. The van der Waals surface area contributed by atoms with E-state index in [2.05, 4.69) is 5.32 Å². The first-order chi connectivity index (χ1) is 12.3. The van der Waals surface area contributed by atoms with E-state index >= 15 is 0 Å². The smallest absolute Gasteiger partial charge is 0.339 e. The van der Waals surface area contributed by atoms with Crippen LogP contribution in [0, 0.1) is 0 Å². The molecule has 2 aromatic rings. The molecule has 0 saturated heterocycles. The highest BCUT2D eigenvalue weighted by Gasteiger charge is 2.30. The third-order valence-corrected chi connectivity index (χ3v) is 4.78. The molecule has 136 valence electrons. The molecule has 1 aliphatic rings. The van der Waals surface area contributed by atoms with Crippen molar-refractivity contribution in [3.8, 4) is 0 Å². The summed E-state index contributed by atoms with van der Waals surface area (Å²) in [5.41, 5.74) is 2.64. The van der Waals surface area contributed by atoms with Crippen molar-refractivity contribution >= 4 is 21.9 Å². The van der Waals surface area contributed by atoms with Crippen molar-refractivity contribution < 1.29 is 22.7 Å². The fraction of sp³-hybridized carbons (Fsp3) is 0.222. The van der Waals surface area contributed by atoms with Gasteiger partial charge in [-0.2, -0.15) is 0 Å². The van der Waals surface area contributed by atoms with E-state index in [1.165, 1.54) is 0 Å². The molecule has 3 rings (SSSR count). The molecule has 3 N–H and O–H groups in total. The molecule has 7 nitrogen and oxygen atoms in total. The number of hydrogen-bond acceptors (Lipinski definition) is 5. The number of ether oxygens (including phenoxy) is 1. The third kappa shape index (κ3) is 4.47. The topological polar surface area (TPSA) is 116 Å². The second kappa shape index (κ2) is 7.27. The summed E-state index contributed by atoms with van der Waals surface area (Å²) >= 11 is 0. The van der Waals surface area contributed by atoms with Gasteiger partial charge in [-0.25, -0.2) is 18.4 Å². The van der Waals surface area contributed by atoms with Gasteiger partial charge in [0.25, 0.3) is 5.91 Å². The fourth-order valence-corrected chi connectivity index (χ4v) is 3.42. The van der Waals surface area contributed by atoms with Crippen molar-refractivity contribution in [3.05, 3.63) is 70.8 Å². The number of carbonyl (C=O) groups excluding carboxylic acids is 2. The fourth-order valence-electron chi connectivity index (χ4n) is 2.77. The Kier molecular flexibility index (Phi) is 5.06. The Bertz CT molecular complexity index is 938. The summed E-state index contributed by atoms with van der Waals surface area (Å²) in [5.74, 6) is -1.11. The highest BCUT2D eigenvalue weighted by molar-refractivity contribution is 7.88. The molecule has 1 unspecified atom stereocenters. The average Bonchev–Trinajstić information content (AvgIpc) is 2.59. The van der Waals surface area contributed by atoms with Crippen LogP contribution in [0.2, 0.25) is 0 Å². The molecule has 8 heteroatoms. The zero-order valence-corrected chi connectivity index (χ0v) is 14.7. The van der Waals surface area contributed by atoms with E-state index in [-0.39, 0.29) is 18.2 Å². The van der Waals surface area contributed by atoms with Crippen molar-refractivity contribution in [2.24, 2.45) is 5.14 Å². The Balaban J connectivity index is 1.59. The molecule has 26 heavy (non-hydrogen) atoms. The van der Waals surface area contributed by atoms with E-state index in [1.54, 1.807) is 42.5 Å². The molecule has 0 saturated carbocycles. The molecule has 1 heterocycles. The summed E-state index contributed by atoms with van der Waals surface area (Å²) < 4.78 is 27.3. The lowest BCUT2D eigenvalue weighted by atomic mass is 9.98. The Morgan fingerprint density at radius 2 is 1.77 bits per heavy atom. The summed E-state index contributed by atoms with van der Waals surface area (Å²) in [4.78, 5) is 24.3. The minimum Gasteiger partial charge on any atom is -0.448 e. The number of fused-ring (bicyclic) bond motifs is 1. The molecule has 0 spiro atoms. The van der Waals surface area contributed by atoms with Gasteiger partial charge in [0, 0.05) is 13.0 Å². The molecular formula is C18H18N2O5S. The monoisotopic (exact) mass is 374 g/mol. The number of hydrogen-bond donors (Lipinski definition) is 2. The van der Waals surface area contributed by atoms with Crippen LogP contribution in [0.4, 0.5) is 0 Å². The van der Waals surface area contributed by atoms with E-state index in [9.17, 15) is 18.0 Å². The second-order valence-electron chi connectivity index (χ2n) is 6.10. The maximum Gasteiger partial charge on any atom is 0.339 e. The quantitative estimate of drug-likeness (QED) is 0.754. The molecule has 0 aliphatic carbocycles. The second-order valence-corrected chi connectivity index (χ2v) is 7.71. The lowest BCUT2D eigenvalue weighted by molar-refractivity contribution is -0.130. The van der Waals surface area contributed by atoms with Gasteiger partial charge in [-0.1, -0.05) is 42.5 Å². The number of rotatable bonds is 5. The SMILES string of the molecule is NS(=O)(=O)Cc1ccc(CNC(=O)C2Cc3ccccc3C(=O)O2)cc1. The molecule has 0 aromatic heterocycles. The molecular weight excluding hydrogens is 356 g/mol. The van der Waals surface area contributed by atoms with Crippen molar-refractivity contribution in [2.75, 3.05) is 0 Å². The van der Waals surface area contributed by atoms with Crippen molar-refractivity contribution in [1.82, 2.24) is 5.32 Å². The van der Waals surface area contributed by atoms with Gasteiger partial charge in [-0.3, -0.25) is 4.79 Å². The van der Waals surface area contributed by atoms with Crippen LogP contribution in [-0.2, 0) is 38.3 Å². The van der Waals surface area contributed by atoms with Crippen molar-refractivity contribution in [1.29, 1.82) is 0 Å². The van der Waals surface area contributed by atoms with Gasteiger partial charge in [-0.05, 0) is 22.8 Å². The van der Waals surface area contributed by atoms with Gasteiger partial charge < -0.3 is 10.1 Å². The summed E-state index contributed by atoms with van der Waals surface area (Å²) in [7, 11) is -3.58. The molecule has 1 amide bonds. The zero-order valence-electron chi connectivity index (χ0n) is 13.8. The number of esters is 1. The predicted molar refractivity (Wildman–Crippen MR) is 94.4 cm³/mol. The van der Waals surface area contributed by atoms with Crippen LogP contribution in [0.25, 0.3) is 0 Å². The van der Waals surface area contributed by atoms with E-state index in [0.717, 1.165) is 11.1 Å². The van der Waals surface area contributed by atoms with Gasteiger partial charge in [0.2, 0.25) is 10.0 Å². The molecule has 1 atom stereocenters. The maximum atomic E-state index is 12.3. The van der Waals surface area contributed by atoms with E-state index in [0.29, 0.717) is 17.5 Å². The Labute approximate surface area is 151 Å². The van der Waals surface area contributed by atoms with Gasteiger partial charge >= 0.3 is 5.97 Å². The molecule has 0 radical (unpaired) electrons. The summed E-state index contributed by atoms with van der Waals surface area (Å²) in [6, 6.07) is 13.8. The number of sulfonamides is 1. The van der Waals surface area contributed by atoms with Crippen LogP contribution in [0.15, 0.2) is 48.5 Å². The minimum absolute atomic E-state index is 0.239. The number of carbonyl (C=O) groups is 2. The van der Waals surface area contributed by atoms with Gasteiger partial charge in [0.05, 0.1) is 11.3 Å².